The van der Waals surface area contributed by atoms with Crippen molar-refractivity contribution < 1.29 is 0 Å². The summed E-state index contributed by atoms with van der Waals surface area (Å²) in [6, 6.07) is 8.86. The summed E-state index contributed by atoms with van der Waals surface area (Å²) < 4.78 is 0. The zero-order valence-electron chi connectivity index (χ0n) is 10.7. The third-order valence-corrected chi connectivity index (χ3v) is 4.06. The number of benzene rings is 1. The molecule has 1 atom stereocenters. The lowest BCUT2D eigenvalue weighted by Gasteiger charge is -2.14. The van der Waals surface area contributed by atoms with Gasteiger partial charge in [-0.15, -0.1) is 0 Å². The van der Waals surface area contributed by atoms with Crippen LogP contribution in [0.25, 0.3) is 0 Å². The molecule has 0 bridgehead atoms. The van der Waals surface area contributed by atoms with Crippen LogP contribution in [0.4, 0.5) is 0 Å². The van der Waals surface area contributed by atoms with Gasteiger partial charge < -0.3 is 5.32 Å². The molecular weight excluding hydrogens is 262 g/mol. The third-order valence-electron chi connectivity index (χ3n) is 2.97. The Morgan fingerprint density at radius 1 is 1.33 bits per heavy atom. The molecule has 0 saturated carbocycles. The Kier molecular flexibility index (Phi) is 4.81. The highest BCUT2D eigenvalue weighted by atomic mass is 35.5. The summed E-state index contributed by atoms with van der Waals surface area (Å²) in [5, 5.41) is 8.70. The minimum Gasteiger partial charge on any atom is -0.310 e. The molecule has 1 N–H and O–H groups in total. The number of nitrogens with one attached hydrogen (secondary N) is 1. The van der Waals surface area contributed by atoms with Crippen molar-refractivity contribution in [1.82, 2.24) is 5.32 Å². The van der Waals surface area contributed by atoms with Crippen molar-refractivity contribution in [2.24, 2.45) is 0 Å². The molecule has 3 heteroatoms. The van der Waals surface area contributed by atoms with Crippen LogP contribution in [0.1, 0.15) is 23.6 Å². The van der Waals surface area contributed by atoms with Gasteiger partial charge in [-0.3, -0.25) is 0 Å². The Balaban J connectivity index is 1.87. The van der Waals surface area contributed by atoms with Crippen molar-refractivity contribution in [3.63, 3.8) is 0 Å². The fourth-order valence-electron chi connectivity index (χ4n) is 1.91. The maximum atomic E-state index is 6.22. The van der Waals surface area contributed by atoms with Crippen molar-refractivity contribution in [3.8, 4) is 0 Å². The second-order valence-electron chi connectivity index (χ2n) is 4.71. The van der Waals surface area contributed by atoms with Crippen molar-refractivity contribution in [1.29, 1.82) is 0 Å². The standard InChI is InChI=1S/C15H18ClNS/c1-11-3-4-14(15(16)7-11)9-17-12(2)8-13-5-6-18-10-13/h3-7,10,12,17H,8-9H2,1-2H3. The van der Waals surface area contributed by atoms with Crippen LogP contribution in [-0.2, 0) is 13.0 Å². The summed E-state index contributed by atoms with van der Waals surface area (Å²) in [5.41, 5.74) is 3.77. The maximum Gasteiger partial charge on any atom is 0.0453 e. The molecule has 2 aromatic rings. The van der Waals surface area contributed by atoms with Crippen LogP contribution in [-0.4, -0.2) is 6.04 Å². The quantitative estimate of drug-likeness (QED) is 0.854. The maximum absolute atomic E-state index is 6.22. The zero-order valence-corrected chi connectivity index (χ0v) is 12.3. The highest BCUT2D eigenvalue weighted by Gasteiger charge is 2.05. The smallest absolute Gasteiger partial charge is 0.0453 e. The van der Waals surface area contributed by atoms with Gasteiger partial charge in [0.2, 0.25) is 0 Å². The van der Waals surface area contributed by atoms with E-state index in [1.807, 2.05) is 6.07 Å². The molecule has 0 radical (unpaired) electrons. The number of hydrogen-bond donors (Lipinski definition) is 1. The molecule has 96 valence electrons. The van der Waals surface area contributed by atoms with Crippen molar-refractivity contribution in [3.05, 3.63) is 56.7 Å². The van der Waals surface area contributed by atoms with Gasteiger partial charge in [0.15, 0.2) is 0 Å². The lowest BCUT2D eigenvalue weighted by Crippen LogP contribution is -2.27. The number of halogens is 1. The van der Waals surface area contributed by atoms with Crippen LogP contribution >= 0.6 is 22.9 Å². The van der Waals surface area contributed by atoms with Crippen molar-refractivity contribution in [2.75, 3.05) is 0 Å². The minimum absolute atomic E-state index is 0.456. The van der Waals surface area contributed by atoms with Crippen LogP contribution in [0.5, 0.6) is 0 Å². The van der Waals surface area contributed by atoms with Gasteiger partial charge in [-0.1, -0.05) is 23.7 Å². The first kappa shape index (κ1) is 13.6. The molecule has 0 fully saturated rings. The fourth-order valence-corrected chi connectivity index (χ4v) is 2.90. The van der Waals surface area contributed by atoms with Gasteiger partial charge in [0.25, 0.3) is 0 Å². The third kappa shape index (κ3) is 3.84. The van der Waals surface area contributed by atoms with Gasteiger partial charge in [-0.2, -0.15) is 11.3 Å². The van der Waals surface area contributed by atoms with Crippen molar-refractivity contribution in [2.45, 2.75) is 32.9 Å². The van der Waals surface area contributed by atoms with E-state index in [0.29, 0.717) is 6.04 Å². The molecule has 1 heterocycles. The second-order valence-corrected chi connectivity index (χ2v) is 5.90. The Labute approximate surface area is 118 Å². The highest BCUT2D eigenvalue weighted by molar-refractivity contribution is 7.07. The Bertz CT molecular complexity index is 493. The van der Waals surface area contributed by atoms with Gasteiger partial charge in [0, 0.05) is 17.6 Å². The molecule has 0 aliphatic carbocycles. The van der Waals surface area contributed by atoms with E-state index in [1.54, 1.807) is 11.3 Å². The van der Waals surface area contributed by atoms with Gasteiger partial charge in [0.1, 0.15) is 0 Å². The fraction of sp³-hybridized carbons (Fsp3) is 0.333. The summed E-state index contributed by atoms with van der Waals surface area (Å²) in [5.74, 6) is 0. The predicted molar refractivity (Wildman–Crippen MR) is 80.5 cm³/mol. The lowest BCUT2D eigenvalue weighted by atomic mass is 10.1. The lowest BCUT2D eigenvalue weighted by molar-refractivity contribution is 0.546. The van der Waals surface area contributed by atoms with E-state index in [2.05, 4.69) is 48.1 Å². The van der Waals surface area contributed by atoms with Crippen LogP contribution in [0.15, 0.2) is 35.0 Å². The van der Waals surface area contributed by atoms with E-state index in [4.69, 9.17) is 11.6 Å². The van der Waals surface area contributed by atoms with Gasteiger partial charge in [-0.25, -0.2) is 0 Å². The van der Waals surface area contributed by atoms with E-state index >= 15 is 0 Å². The molecule has 18 heavy (non-hydrogen) atoms. The minimum atomic E-state index is 0.456. The molecule has 1 nitrogen and oxygen atoms in total. The zero-order chi connectivity index (χ0) is 13.0. The van der Waals surface area contributed by atoms with Gasteiger partial charge >= 0.3 is 0 Å². The molecule has 2 rings (SSSR count). The van der Waals surface area contributed by atoms with Crippen molar-refractivity contribution >= 4 is 22.9 Å². The molecule has 0 amide bonds. The Hall–Kier alpha value is -0.830. The van der Waals surface area contributed by atoms with Crippen LogP contribution < -0.4 is 5.32 Å². The van der Waals surface area contributed by atoms with E-state index in [1.165, 1.54) is 16.7 Å². The molecule has 0 aliphatic rings. The van der Waals surface area contributed by atoms with Gasteiger partial charge in [0.05, 0.1) is 0 Å². The molecule has 0 aliphatic heterocycles. The van der Waals surface area contributed by atoms with E-state index in [0.717, 1.165) is 18.0 Å². The topological polar surface area (TPSA) is 12.0 Å². The van der Waals surface area contributed by atoms with E-state index < -0.39 is 0 Å². The Morgan fingerprint density at radius 3 is 2.83 bits per heavy atom. The summed E-state index contributed by atoms with van der Waals surface area (Å²) in [4.78, 5) is 0. The summed E-state index contributed by atoms with van der Waals surface area (Å²) in [6.45, 7) is 5.09. The average molecular weight is 280 g/mol. The summed E-state index contributed by atoms with van der Waals surface area (Å²) >= 11 is 7.97. The highest BCUT2D eigenvalue weighted by Crippen LogP contribution is 2.17. The summed E-state index contributed by atoms with van der Waals surface area (Å²) in [7, 11) is 0. The van der Waals surface area contributed by atoms with E-state index in [9.17, 15) is 0 Å². The molecular formula is C15H18ClNS. The van der Waals surface area contributed by atoms with Crippen LogP contribution in [0, 0.1) is 6.92 Å². The number of hydrogen-bond acceptors (Lipinski definition) is 2. The molecule has 1 aromatic heterocycles. The number of thiophene rings is 1. The number of aryl methyl sites for hydroxylation is 1. The molecule has 1 aromatic carbocycles. The summed E-state index contributed by atoms with van der Waals surface area (Å²) in [6.07, 6.45) is 1.06. The molecule has 1 unspecified atom stereocenters. The largest absolute Gasteiger partial charge is 0.310 e. The molecule has 0 spiro atoms. The second kappa shape index (κ2) is 6.37. The SMILES string of the molecule is Cc1ccc(CNC(C)Cc2ccsc2)c(Cl)c1. The van der Waals surface area contributed by atoms with Crippen LogP contribution in [0.3, 0.4) is 0 Å². The first-order chi connectivity index (χ1) is 8.65. The normalized spacial score (nSPS) is 12.6. The first-order valence-corrected chi connectivity index (χ1v) is 7.46. The number of rotatable bonds is 5. The van der Waals surface area contributed by atoms with E-state index in [-0.39, 0.29) is 0 Å². The molecule has 0 saturated heterocycles. The first-order valence-electron chi connectivity index (χ1n) is 6.14. The predicted octanol–water partition coefficient (Wildman–Crippen LogP) is 4.43. The van der Waals surface area contributed by atoms with Crippen LogP contribution in [0.2, 0.25) is 5.02 Å². The Morgan fingerprint density at radius 2 is 2.17 bits per heavy atom. The van der Waals surface area contributed by atoms with Gasteiger partial charge in [-0.05, 0) is 59.9 Å². The monoisotopic (exact) mass is 279 g/mol. The average Bonchev–Trinajstić information content (AvgIpc) is 2.80.